The first-order valence-electron chi connectivity index (χ1n) is 10.1. The topological polar surface area (TPSA) is 70.7 Å². The standard InChI is InChI=1S/C23H31N3O3/c1-5-26(6-2)20-14-12-19(13-15-20)24-22(27)21(17(3)4)25-23(28)29-16-18-10-8-7-9-11-18/h7-15,17,21H,5-6,16H2,1-4H3,(H,24,27)(H,25,28)/t21-/m0/s1. The Morgan fingerprint density at radius 3 is 2.14 bits per heavy atom. The highest BCUT2D eigenvalue weighted by Crippen LogP contribution is 2.18. The minimum absolute atomic E-state index is 0.0887. The van der Waals surface area contributed by atoms with E-state index in [2.05, 4.69) is 29.4 Å². The zero-order valence-electron chi connectivity index (χ0n) is 17.6. The van der Waals surface area contributed by atoms with E-state index in [0.717, 1.165) is 24.3 Å². The number of carbonyl (C=O) groups excluding carboxylic acids is 2. The van der Waals surface area contributed by atoms with Crippen LogP contribution in [0.15, 0.2) is 54.6 Å². The number of benzene rings is 2. The van der Waals surface area contributed by atoms with Gasteiger partial charge in [-0.3, -0.25) is 4.79 Å². The Kier molecular flexibility index (Phi) is 8.52. The molecule has 0 spiro atoms. The fraction of sp³-hybridized carbons (Fsp3) is 0.391. The van der Waals surface area contributed by atoms with Gasteiger partial charge in [-0.1, -0.05) is 44.2 Å². The maximum Gasteiger partial charge on any atom is 0.408 e. The van der Waals surface area contributed by atoms with Gasteiger partial charge in [0.05, 0.1) is 0 Å². The third-order valence-corrected chi connectivity index (χ3v) is 4.70. The number of anilines is 2. The molecule has 0 heterocycles. The van der Waals surface area contributed by atoms with Gasteiger partial charge in [0.15, 0.2) is 0 Å². The summed E-state index contributed by atoms with van der Waals surface area (Å²) >= 11 is 0. The molecule has 0 radical (unpaired) electrons. The number of amides is 2. The van der Waals surface area contributed by atoms with Crippen molar-refractivity contribution in [1.82, 2.24) is 5.32 Å². The van der Waals surface area contributed by atoms with Gasteiger partial charge in [-0.05, 0) is 49.6 Å². The number of nitrogens with zero attached hydrogens (tertiary/aromatic N) is 1. The number of rotatable bonds is 9. The molecule has 2 aromatic rings. The molecule has 6 heteroatoms. The lowest BCUT2D eigenvalue weighted by atomic mass is 10.0. The molecule has 2 N–H and O–H groups in total. The molecule has 1 atom stereocenters. The molecule has 0 bridgehead atoms. The van der Waals surface area contributed by atoms with Crippen LogP contribution in [0.4, 0.5) is 16.2 Å². The highest BCUT2D eigenvalue weighted by atomic mass is 16.5. The summed E-state index contributed by atoms with van der Waals surface area (Å²) in [5.41, 5.74) is 2.69. The molecule has 0 aliphatic rings. The van der Waals surface area contributed by atoms with Gasteiger partial charge in [-0.2, -0.15) is 0 Å². The molecule has 2 amide bonds. The van der Waals surface area contributed by atoms with E-state index < -0.39 is 12.1 Å². The Labute approximate surface area is 173 Å². The van der Waals surface area contributed by atoms with Gasteiger partial charge in [0, 0.05) is 24.5 Å². The molecule has 6 nitrogen and oxygen atoms in total. The van der Waals surface area contributed by atoms with Gasteiger partial charge in [0.25, 0.3) is 0 Å². The summed E-state index contributed by atoms with van der Waals surface area (Å²) in [6.45, 7) is 9.98. The Morgan fingerprint density at radius 2 is 1.59 bits per heavy atom. The van der Waals surface area contributed by atoms with Crippen molar-refractivity contribution >= 4 is 23.4 Å². The number of hydrogen-bond donors (Lipinski definition) is 2. The first-order valence-corrected chi connectivity index (χ1v) is 10.1. The second kappa shape index (κ2) is 11.1. The van der Waals surface area contributed by atoms with Crippen molar-refractivity contribution < 1.29 is 14.3 Å². The van der Waals surface area contributed by atoms with Crippen molar-refractivity contribution in [2.75, 3.05) is 23.3 Å². The van der Waals surface area contributed by atoms with E-state index in [1.165, 1.54) is 0 Å². The molecule has 0 aliphatic carbocycles. The smallest absolute Gasteiger partial charge is 0.408 e. The highest BCUT2D eigenvalue weighted by Gasteiger charge is 2.25. The Hall–Kier alpha value is -3.02. The maximum absolute atomic E-state index is 12.7. The zero-order chi connectivity index (χ0) is 21.2. The summed E-state index contributed by atoms with van der Waals surface area (Å²) < 4.78 is 5.24. The number of nitrogens with one attached hydrogen (secondary N) is 2. The first kappa shape index (κ1) is 22.3. The van der Waals surface area contributed by atoms with Gasteiger partial charge in [-0.15, -0.1) is 0 Å². The second-order valence-electron chi connectivity index (χ2n) is 7.14. The second-order valence-corrected chi connectivity index (χ2v) is 7.14. The lowest BCUT2D eigenvalue weighted by Crippen LogP contribution is -2.47. The highest BCUT2D eigenvalue weighted by molar-refractivity contribution is 5.96. The van der Waals surface area contributed by atoms with E-state index in [1.807, 2.05) is 68.4 Å². The van der Waals surface area contributed by atoms with Crippen LogP contribution < -0.4 is 15.5 Å². The molecule has 156 valence electrons. The van der Waals surface area contributed by atoms with E-state index in [-0.39, 0.29) is 18.4 Å². The molecule has 0 unspecified atom stereocenters. The predicted octanol–water partition coefficient (Wildman–Crippen LogP) is 4.42. The molecule has 0 aliphatic heterocycles. The van der Waals surface area contributed by atoms with Crippen LogP contribution in [-0.4, -0.2) is 31.1 Å². The van der Waals surface area contributed by atoms with E-state index >= 15 is 0 Å². The summed E-state index contributed by atoms with van der Waals surface area (Å²) in [5, 5.41) is 5.55. The lowest BCUT2D eigenvalue weighted by Gasteiger charge is -2.23. The van der Waals surface area contributed by atoms with Gasteiger partial charge in [0.1, 0.15) is 12.6 Å². The zero-order valence-corrected chi connectivity index (χ0v) is 17.6. The largest absolute Gasteiger partial charge is 0.445 e. The molecule has 2 rings (SSSR count). The minimum Gasteiger partial charge on any atom is -0.445 e. The third kappa shape index (κ3) is 6.82. The van der Waals surface area contributed by atoms with Gasteiger partial charge in [-0.25, -0.2) is 4.79 Å². The third-order valence-electron chi connectivity index (χ3n) is 4.70. The number of ether oxygens (including phenoxy) is 1. The summed E-state index contributed by atoms with van der Waals surface area (Å²) in [6.07, 6.45) is -0.611. The normalized spacial score (nSPS) is 11.6. The fourth-order valence-electron chi connectivity index (χ4n) is 2.99. The maximum atomic E-state index is 12.7. The molecule has 2 aromatic carbocycles. The summed E-state index contributed by atoms with van der Waals surface area (Å²) in [6, 6.07) is 16.4. The Balaban J connectivity index is 1.93. The van der Waals surface area contributed by atoms with Crippen molar-refractivity contribution in [2.24, 2.45) is 5.92 Å². The van der Waals surface area contributed by atoms with E-state index in [0.29, 0.717) is 5.69 Å². The average molecular weight is 398 g/mol. The number of hydrogen-bond acceptors (Lipinski definition) is 4. The Bertz CT molecular complexity index is 772. The van der Waals surface area contributed by atoms with Crippen LogP contribution in [0.5, 0.6) is 0 Å². The molecule has 29 heavy (non-hydrogen) atoms. The molecular formula is C23H31N3O3. The number of carbonyl (C=O) groups is 2. The first-order chi connectivity index (χ1) is 13.9. The van der Waals surface area contributed by atoms with E-state index in [4.69, 9.17) is 4.74 Å². The van der Waals surface area contributed by atoms with Crippen LogP contribution in [0.2, 0.25) is 0 Å². The summed E-state index contributed by atoms with van der Waals surface area (Å²) in [7, 11) is 0. The molecule has 0 fully saturated rings. The van der Waals surface area contributed by atoms with Crippen molar-refractivity contribution in [3.05, 3.63) is 60.2 Å². The van der Waals surface area contributed by atoms with Crippen LogP contribution in [0.25, 0.3) is 0 Å². The Morgan fingerprint density at radius 1 is 0.966 bits per heavy atom. The van der Waals surface area contributed by atoms with Crippen molar-refractivity contribution in [3.63, 3.8) is 0 Å². The van der Waals surface area contributed by atoms with Gasteiger partial charge >= 0.3 is 6.09 Å². The van der Waals surface area contributed by atoms with Crippen LogP contribution in [-0.2, 0) is 16.1 Å². The van der Waals surface area contributed by atoms with Gasteiger partial charge < -0.3 is 20.3 Å². The molecule has 0 saturated heterocycles. The summed E-state index contributed by atoms with van der Waals surface area (Å²) in [4.78, 5) is 27.1. The van der Waals surface area contributed by atoms with Crippen molar-refractivity contribution in [1.29, 1.82) is 0 Å². The molecule has 0 saturated carbocycles. The van der Waals surface area contributed by atoms with Crippen LogP contribution in [0.1, 0.15) is 33.3 Å². The van der Waals surface area contributed by atoms with Gasteiger partial charge in [0.2, 0.25) is 5.91 Å². The van der Waals surface area contributed by atoms with Crippen LogP contribution in [0, 0.1) is 5.92 Å². The monoisotopic (exact) mass is 397 g/mol. The van der Waals surface area contributed by atoms with E-state index in [9.17, 15) is 9.59 Å². The molecule has 0 aromatic heterocycles. The van der Waals surface area contributed by atoms with E-state index in [1.54, 1.807) is 0 Å². The summed E-state index contributed by atoms with van der Waals surface area (Å²) in [5.74, 6) is -0.360. The molecular weight excluding hydrogens is 366 g/mol. The quantitative estimate of drug-likeness (QED) is 0.657. The lowest BCUT2D eigenvalue weighted by molar-refractivity contribution is -0.119. The predicted molar refractivity (Wildman–Crippen MR) is 117 cm³/mol. The van der Waals surface area contributed by atoms with Crippen LogP contribution >= 0.6 is 0 Å². The van der Waals surface area contributed by atoms with Crippen molar-refractivity contribution in [2.45, 2.75) is 40.3 Å². The fourth-order valence-corrected chi connectivity index (χ4v) is 2.99. The minimum atomic E-state index is -0.694. The number of alkyl carbamates (subject to hydrolysis) is 1. The van der Waals surface area contributed by atoms with Crippen molar-refractivity contribution in [3.8, 4) is 0 Å². The SMILES string of the molecule is CCN(CC)c1ccc(NC(=O)[C@@H](NC(=O)OCc2ccccc2)C(C)C)cc1. The average Bonchev–Trinajstić information content (AvgIpc) is 2.73. The van der Waals surface area contributed by atoms with Crippen LogP contribution in [0.3, 0.4) is 0 Å².